The Morgan fingerprint density at radius 1 is 1.47 bits per heavy atom. The van der Waals surface area contributed by atoms with Crippen LogP contribution in [0.3, 0.4) is 0 Å². The number of aryl methyl sites for hydroxylation is 1. The number of anilines is 1. The van der Waals surface area contributed by atoms with Crippen LogP contribution in [0.4, 0.5) is 5.82 Å². The Bertz CT molecular complexity index is 538. The van der Waals surface area contributed by atoms with Crippen LogP contribution in [0.5, 0.6) is 0 Å². The Labute approximate surface area is 114 Å². The molecule has 1 aromatic rings. The van der Waals surface area contributed by atoms with Gasteiger partial charge in [0.15, 0.2) is 5.82 Å². The number of nitrogens with zero attached hydrogens (tertiary/aromatic N) is 3. The number of nitrogen functional groups attached to an aromatic ring is 1. The monoisotopic (exact) mass is 286 g/mol. The van der Waals surface area contributed by atoms with Crippen molar-refractivity contribution in [2.75, 3.05) is 18.8 Å². The minimum Gasteiger partial charge on any atom is -0.381 e. The fourth-order valence-corrected chi connectivity index (χ4v) is 4.17. The minimum atomic E-state index is -3.48. The van der Waals surface area contributed by atoms with Gasteiger partial charge >= 0.3 is 0 Å². The Morgan fingerprint density at radius 3 is 2.79 bits per heavy atom. The van der Waals surface area contributed by atoms with E-state index in [0.717, 1.165) is 19.3 Å². The van der Waals surface area contributed by atoms with Gasteiger partial charge in [0.1, 0.15) is 4.90 Å². The van der Waals surface area contributed by atoms with E-state index in [1.807, 2.05) is 6.92 Å². The van der Waals surface area contributed by atoms with Gasteiger partial charge in [-0.05, 0) is 25.7 Å². The summed E-state index contributed by atoms with van der Waals surface area (Å²) in [6.07, 6.45) is 4.64. The molecule has 1 aromatic heterocycles. The maximum atomic E-state index is 12.5. The van der Waals surface area contributed by atoms with Crippen molar-refractivity contribution in [3.63, 3.8) is 0 Å². The van der Waals surface area contributed by atoms with Crippen LogP contribution in [-0.4, -0.2) is 35.6 Å². The molecule has 2 N–H and O–H groups in total. The Kier molecular flexibility index (Phi) is 4.15. The molecule has 1 aliphatic rings. The molecule has 2 rings (SSSR count). The zero-order chi connectivity index (χ0) is 14.0. The average molecular weight is 286 g/mol. The molecule has 0 aromatic carbocycles. The van der Waals surface area contributed by atoms with Crippen LogP contribution < -0.4 is 5.73 Å². The lowest BCUT2D eigenvalue weighted by Crippen LogP contribution is -2.29. The molecule has 1 unspecified atom stereocenters. The predicted octanol–water partition coefficient (Wildman–Crippen LogP) is 1.30. The first-order valence-corrected chi connectivity index (χ1v) is 8.26. The first-order valence-electron chi connectivity index (χ1n) is 6.82. The van der Waals surface area contributed by atoms with E-state index in [1.165, 1.54) is 6.20 Å². The van der Waals surface area contributed by atoms with Crippen molar-refractivity contribution in [3.8, 4) is 0 Å². The summed E-state index contributed by atoms with van der Waals surface area (Å²) in [5, 5.41) is 4.01. The Morgan fingerprint density at radius 2 is 2.21 bits per heavy atom. The summed E-state index contributed by atoms with van der Waals surface area (Å²) in [4.78, 5) is 0.145. The van der Waals surface area contributed by atoms with Crippen molar-refractivity contribution in [3.05, 3.63) is 6.20 Å². The van der Waals surface area contributed by atoms with Crippen molar-refractivity contribution in [1.82, 2.24) is 14.1 Å². The summed E-state index contributed by atoms with van der Waals surface area (Å²) in [6.45, 7) is 5.82. The van der Waals surface area contributed by atoms with Crippen LogP contribution in [0.15, 0.2) is 11.1 Å². The van der Waals surface area contributed by atoms with E-state index < -0.39 is 10.0 Å². The molecule has 108 valence electrons. The molecule has 0 aliphatic carbocycles. The maximum Gasteiger partial charge on any atom is 0.248 e. The highest BCUT2D eigenvalue weighted by Gasteiger charge is 2.34. The zero-order valence-corrected chi connectivity index (χ0v) is 12.4. The lowest BCUT2D eigenvalue weighted by molar-refractivity contribution is 0.444. The van der Waals surface area contributed by atoms with E-state index in [-0.39, 0.29) is 10.7 Å². The summed E-state index contributed by atoms with van der Waals surface area (Å²) >= 11 is 0. The molecule has 0 bridgehead atoms. The van der Waals surface area contributed by atoms with E-state index in [9.17, 15) is 8.42 Å². The normalized spacial score (nSPS) is 21.1. The van der Waals surface area contributed by atoms with Crippen LogP contribution in [0.1, 0.15) is 33.1 Å². The van der Waals surface area contributed by atoms with E-state index >= 15 is 0 Å². The summed E-state index contributed by atoms with van der Waals surface area (Å²) in [5.41, 5.74) is 5.73. The van der Waals surface area contributed by atoms with Gasteiger partial charge in [0.25, 0.3) is 0 Å². The van der Waals surface area contributed by atoms with Crippen LogP contribution >= 0.6 is 0 Å². The molecule has 1 fully saturated rings. The van der Waals surface area contributed by atoms with Crippen molar-refractivity contribution in [2.24, 2.45) is 5.92 Å². The summed E-state index contributed by atoms with van der Waals surface area (Å²) < 4.78 is 28.2. The quantitative estimate of drug-likeness (QED) is 0.884. The van der Waals surface area contributed by atoms with Gasteiger partial charge in [0.05, 0.1) is 0 Å². The molecule has 0 spiro atoms. The lowest BCUT2D eigenvalue weighted by atomic mass is 10.0. The van der Waals surface area contributed by atoms with Crippen LogP contribution in [0.25, 0.3) is 0 Å². The molecule has 1 saturated heterocycles. The van der Waals surface area contributed by atoms with Gasteiger partial charge in [-0.25, -0.2) is 8.42 Å². The van der Waals surface area contributed by atoms with E-state index in [4.69, 9.17) is 5.73 Å². The molecule has 19 heavy (non-hydrogen) atoms. The Hall–Kier alpha value is -1.08. The third kappa shape index (κ3) is 2.76. The van der Waals surface area contributed by atoms with E-state index in [2.05, 4.69) is 12.0 Å². The lowest BCUT2D eigenvalue weighted by Gasteiger charge is -2.15. The fourth-order valence-electron chi connectivity index (χ4n) is 2.58. The minimum absolute atomic E-state index is 0.0980. The molecule has 7 heteroatoms. The second kappa shape index (κ2) is 5.50. The third-order valence-electron chi connectivity index (χ3n) is 3.64. The van der Waals surface area contributed by atoms with Gasteiger partial charge in [-0.1, -0.05) is 13.3 Å². The molecule has 1 atom stereocenters. The van der Waals surface area contributed by atoms with Crippen LogP contribution in [-0.2, 0) is 16.6 Å². The zero-order valence-electron chi connectivity index (χ0n) is 11.5. The molecule has 1 aliphatic heterocycles. The predicted molar refractivity (Wildman–Crippen MR) is 74.1 cm³/mol. The fraction of sp³-hybridized carbons (Fsp3) is 0.750. The average Bonchev–Trinajstić information content (AvgIpc) is 2.96. The first kappa shape index (κ1) is 14.3. The molecule has 0 radical (unpaired) electrons. The molecule has 0 saturated carbocycles. The van der Waals surface area contributed by atoms with Crippen molar-refractivity contribution < 1.29 is 8.42 Å². The van der Waals surface area contributed by atoms with Gasteiger partial charge in [0.2, 0.25) is 10.0 Å². The molecular formula is C12H22N4O2S. The topological polar surface area (TPSA) is 81.2 Å². The van der Waals surface area contributed by atoms with Gasteiger partial charge in [-0.3, -0.25) is 4.68 Å². The largest absolute Gasteiger partial charge is 0.381 e. The van der Waals surface area contributed by atoms with Crippen molar-refractivity contribution in [2.45, 2.75) is 44.6 Å². The van der Waals surface area contributed by atoms with E-state index in [0.29, 0.717) is 25.6 Å². The van der Waals surface area contributed by atoms with Gasteiger partial charge in [-0.2, -0.15) is 9.40 Å². The number of hydrogen-bond donors (Lipinski definition) is 1. The molecule has 0 amide bonds. The number of aromatic nitrogens is 2. The van der Waals surface area contributed by atoms with Crippen LogP contribution in [0, 0.1) is 5.92 Å². The highest BCUT2D eigenvalue weighted by Crippen LogP contribution is 2.28. The van der Waals surface area contributed by atoms with Crippen LogP contribution in [0.2, 0.25) is 0 Å². The smallest absolute Gasteiger partial charge is 0.248 e. The summed E-state index contributed by atoms with van der Waals surface area (Å²) in [6, 6.07) is 0. The number of nitrogens with two attached hydrogens (primary N) is 1. The number of hydrogen-bond acceptors (Lipinski definition) is 4. The SMILES string of the molecule is CCCC1CCN(S(=O)(=O)c2cn(CC)nc2N)C1. The Balaban J connectivity index is 2.21. The first-order chi connectivity index (χ1) is 8.98. The number of sulfonamides is 1. The highest BCUT2D eigenvalue weighted by molar-refractivity contribution is 7.89. The second-order valence-corrected chi connectivity index (χ2v) is 6.95. The standard InChI is InChI=1S/C12H22N4O2S/c1-3-5-10-6-7-16(8-10)19(17,18)11-9-15(4-2)14-12(11)13/h9-10H,3-8H2,1-2H3,(H2,13,14). The second-order valence-electron chi connectivity index (χ2n) is 5.04. The number of rotatable bonds is 5. The third-order valence-corrected chi connectivity index (χ3v) is 5.52. The van der Waals surface area contributed by atoms with Crippen molar-refractivity contribution in [1.29, 1.82) is 0 Å². The molecule has 6 nitrogen and oxygen atoms in total. The highest BCUT2D eigenvalue weighted by atomic mass is 32.2. The van der Waals surface area contributed by atoms with Crippen molar-refractivity contribution >= 4 is 15.8 Å². The summed E-state index contributed by atoms with van der Waals surface area (Å²) in [7, 11) is -3.48. The molecular weight excluding hydrogens is 264 g/mol. The molecule has 2 heterocycles. The van der Waals surface area contributed by atoms with Gasteiger partial charge < -0.3 is 5.73 Å². The summed E-state index contributed by atoms with van der Waals surface area (Å²) in [5.74, 6) is 0.572. The van der Waals surface area contributed by atoms with Gasteiger partial charge in [-0.15, -0.1) is 0 Å². The van der Waals surface area contributed by atoms with Gasteiger partial charge in [0, 0.05) is 25.8 Å². The maximum absolute atomic E-state index is 12.5. The van der Waals surface area contributed by atoms with E-state index in [1.54, 1.807) is 8.99 Å².